The first-order valence-electron chi connectivity index (χ1n) is 5.19. The smallest absolute Gasteiger partial charge is 0.138 e. The van der Waals surface area contributed by atoms with Gasteiger partial charge in [0.25, 0.3) is 0 Å². The van der Waals surface area contributed by atoms with Crippen LogP contribution in [-0.2, 0) is 0 Å². The van der Waals surface area contributed by atoms with Crippen LogP contribution in [0, 0.1) is 13.8 Å². The van der Waals surface area contributed by atoms with E-state index in [1.807, 2.05) is 32.0 Å². The lowest BCUT2D eigenvalue weighted by molar-refractivity contribution is 1.14. The van der Waals surface area contributed by atoms with E-state index in [9.17, 15) is 0 Å². The molecule has 2 aromatic rings. The van der Waals surface area contributed by atoms with Crippen LogP contribution < -0.4 is 11.1 Å². The third-order valence-corrected chi connectivity index (χ3v) is 3.50. The third-order valence-electron chi connectivity index (χ3n) is 2.64. The number of anilines is 3. The molecular weight excluding hydrogens is 280 g/mol. The predicted molar refractivity (Wildman–Crippen MR) is 73.3 cm³/mol. The van der Waals surface area contributed by atoms with Gasteiger partial charge in [-0.05, 0) is 31.5 Å². The predicted octanol–water partition coefficient (Wildman–Crippen LogP) is 3.18. The Balaban J connectivity index is 2.38. The van der Waals surface area contributed by atoms with E-state index in [0.29, 0.717) is 5.82 Å². The number of halogens is 1. The number of nitrogens with two attached hydrogens (primary N) is 1. The molecule has 0 saturated carbocycles. The van der Waals surface area contributed by atoms with E-state index in [2.05, 4.69) is 31.2 Å². The summed E-state index contributed by atoms with van der Waals surface area (Å²) in [5.41, 5.74) is 8.72. The summed E-state index contributed by atoms with van der Waals surface area (Å²) < 4.78 is 1.06. The van der Waals surface area contributed by atoms with Crippen LogP contribution in [0.2, 0.25) is 0 Å². The fourth-order valence-corrected chi connectivity index (χ4v) is 1.83. The molecule has 0 atom stereocenters. The van der Waals surface area contributed by atoms with Gasteiger partial charge in [0, 0.05) is 15.7 Å². The molecule has 0 amide bonds. The minimum atomic E-state index is 0.496. The van der Waals surface area contributed by atoms with Gasteiger partial charge in [-0.2, -0.15) is 0 Å². The maximum Gasteiger partial charge on any atom is 0.138 e. The van der Waals surface area contributed by atoms with Crippen molar-refractivity contribution in [1.82, 2.24) is 9.97 Å². The largest absolute Gasteiger partial charge is 0.383 e. The molecule has 5 heteroatoms. The van der Waals surface area contributed by atoms with Crippen LogP contribution in [0.5, 0.6) is 0 Å². The molecular formula is C12H13BrN4. The van der Waals surface area contributed by atoms with Crippen molar-refractivity contribution >= 4 is 33.3 Å². The van der Waals surface area contributed by atoms with E-state index in [1.54, 1.807) is 0 Å². The summed E-state index contributed by atoms with van der Waals surface area (Å²) in [6, 6.07) is 5.97. The van der Waals surface area contributed by atoms with Crippen molar-refractivity contribution in [1.29, 1.82) is 0 Å². The summed E-state index contributed by atoms with van der Waals surface area (Å²) in [6.45, 7) is 3.93. The van der Waals surface area contributed by atoms with Crippen LogP contribution >= 0.6 is 15.9 Å². The van der Waals surface area contributed by atoms with E-state index < -0.39 is 0 Å². The van der Waals surface area contributed by atoms with Crippen LogP contribution in [0.4, 0.5) is 17.3 Å². The lowest BCUT2D eigenvalue weighted by atomic mass is 10.2. The van der Waals surface area contributed by atoms with Gasteiger partial charge in [0.15, 0.2) is 0 Å². The molecule has 0 unspecified atom stereocenters. The van der Waals surface area contributed by atoms with Crippen molar-refractivity contribution in [2.75, 3.05) is 11.1 Å². The SMILES string of the molecule is Cc1c(Br)cccc1Nc1ncnc(N)c1C. The number of rotatable bonds is 2. The van der Waals surface area contributed by atoms with Crippen molar-refractivity contribution in [3.05, 3.63) is 40.1 Å². The van der Waals surface area contributed by atoms with Crippen LogP contribution in [0.15, 0.2) is 29.0 Å². The summed E-state index contributed by atoms with van der Waals surface area (Å²) in [6.07, 6.45) is 1.46. The Morgan fingerprint density at radius 3 is 2.71 bits per heavy atom. The lowest BCUT2D eigenvalue weighted by Gasteiger charge is -2.12. The molecule has 0 fully saturated rings. The number of hydrogen-bond donors (Lipinski definition) is 2. The number of hydrogen-bond acceptors (Lipinski definition) is 4. The Kier molecular flexibility index (Phi) is 3.28. The molecule has 0 aliphatic heterocycles. The Bertz CT molecular complexity index is 505. The first-order valence-corrected chi connectivity index (χ1v) is 5.98. The molecule has 88 valence electrons. The molecule has 1 aromatic carbocycles. The zero-order chi connectivity index (χ0) is 12.4. The van der Waals surface area contributed by atoms with E-state index >= 15 is 0 Å². The fourth-order valence-electron chi connectivity index (χ4n) is 1.46. The fraction of sp³-hybridized carbons (Fsp3) is 0.167. The van der Waals surface area contributed by atoms with Gasteiger partial charge >= 0.3 is 0 Å². The highest BCUT2D eigenvalue weighted by Crippen LogP contribution is 2.27. The second kappa shape index (κ2) is 4.71. The Labute approximate surface area is 108 Å². The molecule has 0 spiro atoms. The van der Waals surface area contributed by atoms with Gasteiger partial charge in [-0.3, -0.25) is 0 Å². The minimum Gasteiger partial charge on any atom is -0.383 e. The minimum absolute atomic E-state index is 0.496. The summed E-state index contributed by atoms with van der Waals surface area (Å²) in [5, 5.41) is 3.26. The number of nitrogen functional groups attached to an aromatic ring is 1. The quantitative estimate of drug-likeness (QED) is 0.892. The van der Waals surface area contributed by atoms with Crippen molar-refractivity contribution in [2.45, 2.75) is 13.8 Å². The average Bonchev–Trinajstić information content (AvgIpc) is 2.31. The van der Waals surface area contributed by atoms with Crippen molar-refractivity contribution in [3.63, 3.8) is 0 Å². The number of benzene rings is 1. The standard InChI is InChI=1S/C12H13BrN4/c1-7-9(13)4-3-5-10(7)17-12-8(2)11(14)15-6-16-12/h3-6H,1-2H3,(H3,14,15,16,17). The first-order chi connectivity index (χ1) is 8.09. The molecule has 0 aliphatic rings. The number of aromatic nitrogens is 2. The monoisotopic (exact) mass is 292 g/mol. The summed E-state index contributed by atoms with van der Waals surface area (Å²) in [4.78, 5) is 8.13. The van der Waals surface area contributed by atoms with Crippen LogP contribution in [0.25, 0.3) is 0 Å². The molecule has 0 aliphatic carbocycles. The average molecular weight is 293 g/mol. The zero-order valence-corrected chi connectivity index (χ0v) is 11.2. The molecule has 1 heterocycles. The molecule has 2 rings (SSSR count). The van der Waals surface area contributed by atoms with Gasteiger partial charge in [-0.25, -0.2) is 9.97 Å². The molecule has 1 aromatic heterocycles. The van der Waals surface area contributed by atoms with Gasteiger partial charge in [-0.15, -0.1) is 0 Å². The van der Waals surface area contributed by atoms with E-state index in [4.69, 9.17) is 5.73 Å². The third kappa shape index (κ3) is 2.39. The highest BCUT2D eigenvalue weighted by atomic mass is 79.9. The molecule has 3 N–H and O–H groups in total. The normalized spacial score (nSPS) is 10.3. The number of nitrogens with one attached hydrogen (secondary N) is 1. The van der Waals surface area contributed by atoms with Gasteiger partial charge < -0.3 is 11.1 Å². The highest BCUT2D eigenvalue weighted by Gasteiger charge is 2.07. The van der Waals surface area contributed by atoms with Crippen molar-refractivity contribution in [2.24, 2.45) is 0 Å². The van der Waals surface area contributed by atoms with Crippen LogP contribution in [0.1, 0.15) is 11.1 Å². The zero-order valence-electron chi connectivity index (χ0n) is 9.66. The van der Waals surface area contributed by atoms with Crippen molar-refractivity contribution < 1.29 is 0 Å². The molecule has 0 bridgehead atoms. The molecule has 0 radical (unpaired) electrons. The number of nitrogens with zero attached hydrogens (tertiary/aromatic N) is 2. The second-order valence-corrected chi connectivity index (χ2v) is 4.62. The first kappa shape index (κ1) is 11.9. The lowest BCUT2D eigenvalue weighted by Crippen LogP contribution is -2.02. The Hall–Kier alpha value is -1.62. The van der Waals surface area contributed by atoms with Gasteiger partial charge in [0.1, 0.15) is 18.0 Å². The highest BCUT2D eigenvalue weighted by molar-refractivity contribution is 9.10. The van der Waals surface area contributed by atoms with Crippen molar-refractivity contribution in [3.8, 4) is 0 Å². The maximum atomic E-state index is 5.74. The molecule has 17 heavy (non-hydrogen) atoms. The Morgan fingerprint density at radius 1 is 1.18 bits per heavy atom. The van der Waals surface area contributed by atoms with Crippen LogP contribution in [0.3, 0.4) is 0 Å². The topological polar surface area (TPSA) is 63.8 Å². The summed E-state index contributed by atoms with van der Waals surface area (Å²) >= 11 is 3.49. The molecule has 0 saturated heterocycles. The van der Waals surface area contributed by atoms with Crippen LogP contribution in [-0.4, -0.2) is 9.97 Å². The summed E-state index contributed by atoms with van der Waals surface area (Å²) in [5.74, 6) is 1.23. The second-order valence-electron chi connectivity index (χ2n) is 3.77. The van der Waals surface area contributed by atoms with E-state index in [-0.39, 0.29) is 0 Å². The molecule has 4 nitrogen and oxygen atoms in total. The van der Waals surface area contributed by atoms with Gasteiger partial charge in [-0.1, -0.05) is 22.0 Å². The Morgan fingerprint density at radius 2 is 1.94 bits per heavy atom. The van der Waals surface area contributed by atoms with Gasteiger partial charge in [0.05, 0.1) is 0 Å². The van der Waals surface area contributed by atoms with E-state index in [1.165, 1.54) is 6.33 Å². The maximum absolute atomic E-state index is 5.74. The summed E-state index contributed by atoms with van der Waals surface area (Å²) in [7, 11) is 0. The van der Waals surface area contributed by atoms with Gasteiger partial charge in [0.2, 0.25) is 0 Å². The van der Waals surface area contributed by atoms with E-state index in [0.717, 1.165) is 27.1 Å².